The maximum Gasteiger partial charge on any atom is 0.236 e. The Morgan fingerprint density at radius 3 is 2.43 bits per heavy atom. The lowest BCUT2D eigenvalue weighted by atomic mass is 9.96. The van der Waals surface area contributed by atoms with Crippen LogP contribution in [-0.2, 0) is 14.8 Å². The number of carbonyl (C=O) groups is 1. The quantitative estimate of drug-likeness (QED) is 0.751. The van der Waals surface area contributed by atoms with Crippen LogP contribution in [0.1, 0.15) is 36.9 Å². The number of sulfonamides is 1. The van der Waals surface area contributed by atoms with Crippen molar-refractivity contribution < 1.29 is 22.0 Å². The van der Waals surface area contributed by atoms with Crippen LogP contribution in [0.15, 0.2) is 53.9 Å². The first kappa shape index (κ1) is 22.1. The van der Waals surface area contributed by atoms with Gasteiger partial charge in [0.05, 0.1) is 6.04 Å². The molecule has 3 rings (SSSR count). The molecule has 30 heavy (non-hydrogen) atoms. The first-order chi connectivity index (χ1) is 14.3. The van der Waals surface area contributed by atoms with Crippen LogP contribution in [0.25, 0.3) is 6.08 Å². The lowest BCUT2D eigenvalue weighted by Gasteiger charge is -2.30. The average molecular weight is 435 g/mol. The summed E-state index contributed by atoms with van der Waals surface area (Å²) in [6.45, 7) is 2.10. The van der Waals surface area contributed by atoms with Gasteiger partial charge in [-0.05, 0) is 37.5 Å². The minimum atomic E-state index is -3.57. The molecule has 0 spiro atoms. The Bertz CT molecular complexity index is 1020. The van der Waals surface area contributed by atoms with E-state index in [0.717, 1.165) is 17.7 Å². The molecule has 8 heteroatoms. The van der Waals surface area contributed by atoms with E-state index in [2.05, 4.69) is 5.32 Å². The van der Waals surface area contributed by atoms with Gasteiger partial charge in [-0.3, -0.25) is 4.79 Å². The summed E-state index contributed by atoms with van der Waals surface area (Å²) in [5, 5.41) is 3.93. The Hall–Kier alpha value is -2.58. The summed E-state index contributed by atoms with van der Waals surface area (Å²) in [5.74, 6) is -2.01. The van der Waals surface area contributed by atoms with Gasteiger partial charge in [0, 0.05) is 36.0 Å². The van der Waals surface area contributed by atoms with Crippen molar-refractivity contribution in [3.8, 4) is 0 Å². The Morgan fingerprint density at radius 2 is 1.80 bits per heavy atom. The summed E-state index contributed by atoms with van der Waals surface area (Å²) >= 11 is 0. The Morgan fingerprint density at radius 1 is 1.13 bits per heavy atom. The van der Waals surface area contributed by atoms with Crippen LogP contribution in [0.2, 0.25) is 0 Å². The van der Waals surface area contributed by atoms with Crippen molar-refractivity contribution in [1.29, 1.82) is 0 Å². The number of amides is 1. The fraction of sp³-hybridized carbons (Fsp3) is 0.318. The van der Waals surface area contributed by atoms with Crippen LogP contribution in [0.5, 0.6) is 0 Å². The molecule has 1 atom stereocenters. The van der Waals surface area contributed by atoms with Crippen molar-refractivity contribution in [2.75, 3.05) is 13.1 Å². The topological polar surface area (TPSA) is 66.5 Å². The summed E-state index contributed by atoms with van der Waals surface area (Å²) in [4.78, 5) is 12.5. The van der Waals surface area contributed by atoms with Gasteiger partial charge in [-0.15, -0.1) is 0 Å². The summed E-state index contributed by atoms with van der Waals surface area (Å²) < 4.78 is 53.4. The first-order valence-corrected chi connectivity index (χ1v) is 11.2. The standard InChI is InChI=1S/C22H24F2N2O3S/c1-16(20-8-7-19(23)15-21(20)24)25-22(27)18-9-12-26(13-10-18)30(28,29)14-11-17-5-3-2-4-6-17/h2-8,11,14-16,18H,9-10,12-13H2,1H3,(H,25,27)/b14-11+. The molecule has 1 unspecified atom stereocenters. The first-order valence-electron chi connectivity index (χ1n) is 9.75. The summed E-state index contributed by atoms with van der Waals surface area (Å²) in [6.07, 6.45) is 2.30. The molecule has 1 aliphatic heterocycles. The number of benzene rings is 2. The van der Waals surface area contributed by atoms with Crippen LogP contribution in [0, 0.1) is 17.6 Å². The highest BCUT2D eigenvalue weighted by atomic mass is 32.2. The molecule has 1 saturated heterocycles. The molecule has 0 aliphatic carbocycles. The molecule has 2 aromatic carbocycles. The van der Waals surface area contributed by atoms with Crippen LogP contribution in [0.4, 0.5) is 8.78 Å². The zero-order valence-corrected chi connectivity index (χ0v) is 17.4. The Labute approximate surface area is 175 Å². The van der Waals surface area contributed by atoms with E-state index < -0.39 is 27.7 Å². The van der Waals surface area contributed by atoms with E-state index in [9.17, 15) is 22.0 Å². The van der Waals surface area contributed by atoms with Gasteiger partial charge in [0.1, 0.15) is 11.6 Å². The Kier molecular flexibility index (Phi) is 6.99. The lowest BCUT2D eigenvalue weighted by Crippen LogP contribution is -2.42. The predicted octanol–water partition coefficient (Wildman–Crippen LogP) is 3.85. The average Bonchev–Trinajstić information content (AvgIpc) is 2.73. The number of hydrogen-bond donors (Lipinski definition) is 1. The second-order valence-electron chi connectivity index (χ2n) is 7.33. The highest BCUT2D eigenvalue weighted by Crippen LogP contribution is 2.23. The van der Waals surface area contributed by atoms with E-state index in [4.69, 9.17) is 0 Å². The van der Waals surface area contributed by atoms with Crippen molar-refractivity contribution in [2.24, 2.45) is 5.92 Å². The number of nitrogens with one attached hydrogen (secondary N) is 1. The van der Waals surface area contributed by atoms with Gasteiger partial charge in [-0.1, -0.05) is 36.4 Å². The predicted molar refractivity (Wildman–Crippen MR) is 112 cm³/mol. The van der Waals surface area contributed by atoms with Crippen LogP contribution < -0.4 is 5.32 Å². The summed E-state index contributed by atoms with van der Waals surface area (Å²) in [5.41, 5.74) is 0.994. The van der Waals surface area contributed by atoms with E-state index in [0.29, 0.717) is 12.8 Å². The minimum absolute atomic E-state index is 0.204. The van der Waals surface area contributed by atoms with Crippen molar-refractivity contribution in [3.05, 3.63) is 76.7 Å². The molecule has 1 aliphatic rings. The van der Waals surface area contributed by atoms with Crippen LogP contribution >= 0.6 is 0 Å². The van der Waals surface area contributed by atoms with Gasteiger partial charge >= 0.3 is 0 Å². The molecular weight excluding hydrogens is 410 g/mol. The molecule has 1 N–H and O–H groups in total. The molecule has 1 heterocycles. The smallest absolute Gasteiger partial charge is 0.236 e. The highest BCUT2D eigenvalue weighted by Gasteiger charge is 2.30. The largest absolute Gasteiger partial charge is 0.349 e. The maximum atomic E-state index is 13.9. The third-order valence-electron chi connectivity index (χ3n) is 5.20. The maximum absolute atomic E-state index is 13.9. The third kappa shape index (κ3) is 5.52. The van der Waals surface area contributed by atoms with E-state index >= 15 is 0 Å². The number of rotatable bonds is 6. The fourth-order valence-corrected chi connectivity index (χ4v) is 4.67. The molecule has 0 aromatic heterocycles. The molecule has 5 nitrogen and oxygen atoms in total. The van der Waals surface area contributed by atoms with Gasteiger partial charge in [0.2, 0.25) is 15.9 Å². The van der Waals surface area contributed by atoms with Crippen LogP contribution in [-0.4, -0.2) is 31.7 Å². The van der Waals surface area contributed by atoms with Crippen molar-refractivity contribution >= 4 is 22.0 Å². The van der Waals surface area contributed by atoms with E-state index in [1.54, 1.807) is 13.0 Å². The highest BCUT2D eigenvalue weighted by molar-refractivity contribution is 7.92. The molecular formula is C22H24F2N2O3S. The molecule has 2 aromatic rings. The van der Waals surface area contributed by atoms with E-state index in [-0.39, 0.29) is 30.5 Å². The molecule has 0 radical (unpaired) electrons. The third-order valence-corrected chi connectivity index (χ3v) is 6.77. The van der Waals surface area contributed by atoms with E-state index in [1.165, 1.54) is 15.8 Å². The minimum Gasteiger partial charge on any atom is -0.349 e. The summed E-state index contributed by atoms with van der Waals surface area (Å²) in [6, 6.07) is 11.8. The number of carbonyl (C=O) groups excluding carboxylic acids is 1. The second kappa shape index (κ2) is 9.49. The molecule has 0 saturated carbocycles. The fourth-order valence-electron chi connectivity index (χ4n) is 3.45. The zero-order valence-electron chi connectivity index (χ0n) is 16.6. The van der Waals surface area contributed by atoms with Crippen molar-refractivity contribution in [2.45, 2.75) is 25.8 Å². The van der Waals surface area contributed by atoms with Gasteiger partial charge < -0.3 is 5.32 Å². The van der Waals surface area contributed by atoms with Crippen molar-refractivity contribution in [1.82, 2.24) is 9.62 Å². The number of piperidine rings is 1. The number of halogens is 2. The summed E-state index contributed by atoms with van der Waals surface area (Å²) in [7, 11) is -3.57. The zero-order chi connectivity index (χ0) is 21.7. The lowest BCUT2D eigenvalue weighted by molar-refractivity contribution is -0.126. The molecule has 1 amide bonds. The molecule has 0 bridgehead atoms. The van der Waals surface area contributed by atoms with Gasteiger partial charge in [0.25, 0.3) is 0 Å². The number of hydrogen-bond acceptors (Lipinski definition) is 3. The monoisotopic (exact) mass is 434 g/mol. The number of nitrogens with zero attached hydrogens (tertiary/aromatic N) is 1. The molecule has 1 fully saturated rings. The molecule has 160 valence electrons. The van der Waals surface area contributed by atoms with Crippen LogP contribution in [0.3, 0.4) is 0 Å². The van der Waals surface area contributed by atoms with Crippen molar-refractivity contribution in [3.63, 3.8) is 0 Å². The van der Waals surface area contributed by atoms with Gasteiger partial charge in [0.15, 0.2) is 0 Å². The SMILES string of the molecule is CC(NC(=O)C1CCN(S(=O)(=O)/C=C/c2ccccc2)CC1)c1ccc(F)cc1F. The second-order valence-corrected chi connectivity index (χ2v) is 9.15. The van der Waals surface area contributed by atoms with E-state index in [1.807, 2.05) is 30.3 Å². The normalized spacial score (nSPS) is 17.2. The van der Waals surface area contributed by atoms with Gasteiger partial charge in [-0.2, -0.15) is 4.31 Å². The van der Waals surface area contributed by atoms with Gasteiger partial charge in [-0.25, -0.2) is 17.2 Å². The Balaban J connectivity index is 1.55.